The summed E-state index contributed by atoms with van der Waals surface area (Å²) in [6, 6.07) is 1.14. The van der Waals surface area contributed by atoms with Gasteiger partial charge in [-0.15, -0.1) is 22.7 Å². The first kappa shape index (κ1) is 19.2. The van der Waals surface area contributed by atoms with E-state index in [9.17, 15) is 0 Å². The Morgan fingerprint density at radius 1 is 1.04 bits per heavy atom. The van der Waals surface area contributed by atoms with Gasteiger partial charge in [0, 0.05) is 21.8 Å². The zero-order valence-corrected chi connectivity index (χ0v) is 18.0. The molecule has 5 N–H and O–H groups in total. The number of nitrogen functional groups attached to an aromatic ring is 2. The summed E-state index contributed by atoms with van der Waals surface area (Å²) >= 11 is 3.37. The summed E-state index contributed by atoms with van der Waals surface area (Å²) in [5.74, 6) is 1.45. The summed E-state index contributed by atoms with van der Waals surface area (Å²) in [4.78, 5) is 11.8. The Labute approximate surface area is 170 Å². The predicted molar refractivity (Wildman–Crippen MR) is 115 cm³/mol. The first-order valence-electron chi connectivity index (χ1n) is 10.3. The summed E-state index contributed by atoms with van der Waals surface area (Å²) in [5, 5.41) is 5.44. The molecule has 2 aliphatic carbocycles. The Hall–Kier alpha value is -1.18. The molecule has 0 saturated heterocycles. The van der Waals surface area contributed by atoms with Gasteiger partial charge in [0.15, 0.2) is 10.3 Å². The maximum absolute atomic E-state index is 5.90. The van der Waals surface area contributed by atoms with Crippen LogP contribution in [0.25, 0.3) is 0 Å². The van der Waals surface area contributed by atoms with Crippen LogP contribution in [0.4, 0.5) is 10.3 Å². The van der Waals surface area contributed by atoms with Crippen molar-refractivity contribution in [1.29, 1.82) is 0 Å². The highest BCUT2D eigenvalue weighted by atomic mass is 32.1. The van der Waals surface area contributed by atoms with Crippen molar-refractivity contribution in [2.45, 2.75) is 77.3 Å². The van der Waals surface area contributed by atoms with Gasteiger partial charge in [-0.3, -0.25) is 0 Å². The standard InChI is InChI=1S/C20H31N5S2/c1-3-14(23-13-5-7-16-18(10-13)27-20(22)25-16)11(2)8-12-4-6-15-17(9-12)26-19(21)24-15/h11-14,23H,3-10H2,1-2H3,(H2,21,24)(H2,22,25)/t11?,12-,13-,14?/m0/s1. The lowest BCUT2D eigenvalue weighted by Gasteiger charge is -2.33. The minimum Gasteiger partial charge on any atom is -0.375 e. The molecule has 0 aromatic carbocycles. The molecular weight excluding hydrogens is 374 g/mol. The van der Waals surface area contributed by atoms with Gasteiger partial charge in [-0.05, 0) is 63.2 Å². The summed E-state index contributed by atoms with van der Waals surface area (Å²) in [5.41, 5.74) is 14.3. The van der Waals surface area contributed by atoms with Crippen LogP contribution >= 0.6 is 22.7 Å². The molecule has 4 atom stereocenters. The Morgan fingerprint density at radius 3 is 2.33 bits per heavy atom. The van der Waals surface area contributed by atoms with Gasteiger partial charge in [-0.2, -0.15) is 0 Å². The Kier molecular flexibility index (Phi) is 5.71. The van der Waals surface area contributed by atoms with E-state index in [0.29, 0.717) is 18.0 Å². The van der Waals surface area contributed by atoms with E-state index in [-0.39, 0.29) is 0 Å². The average molecular weight is 406 g/mol. The molecular formula is C20H31N5S2. The molecule has 5 nitrogen and oxygen atoms in total. The molecule has 0 fully saturated rings. The van der Waals surface area contributed by atoms with E-state index in [2.05, 4.69) is 29.1 Å². The third kappa shape index (κ3) is 4.30. The predicted octanol–water partition coefficient (Wildman–Crippen LogP) is 3.82. The van der Waals surface area contributed by atoms with Gasteiger partial charge < -0.3 is 16.8 Å². The third-order valence-electron chi connectivity index (χ3n) is 6.30. The fourth-order valence-corrected chi connectivity index (χ4v) is 6.83. The van der Waals surface area contributed by atoms with E-state index < -0.39 is 0 Å². The Balaban J connectivity index is 1.33. The van der Waals surface area contributed by atoms with Crippen LogP contribution in [0.2, 0.25) is 0 Å². The molecule has 148 valence electrons. The lowest BCUT2D eigenvalue weighted by atomic mass is 9.81. The second-order valence-corrected chi connectivity index (χ2v) is 10.5. The number of aryl methyl sites for hydroxylation is 2. The van der Waals surface area contributed by atoms with Gasteiger partial charge in [0.25, 0.3) is 0 Å². The van der Waals surface area contributed by atoms with Gasteiger partial charge >= 0.3 is 0 Å². The van der Waals surface area contributed by atoms with Gasteiger partial charge in [0.1, 0.15) is 0 Å². The molecule has 4 rings (SSSR count). The van der Waals surface area contributed by atoms with Crippen molar-refractivity contribution in [2.75, 3.05) is 11.5 Å². The van der Waals surface area contributed by atoms with Crippen molar-refractivity contribution >= 4 is 32.9 Å². The summed E-state index contributed by atoms with van der Waals surface area (Å²) in [6.07, 6.45) is 9.30. The SMILES string of the molecule is CCC(N[C@H]1CCc2nc(N)sc2C1)C(C)C[C@@H]1CCc2nc(N)sc2C1. The molecule has 0 aliphatic heterocycles. The lowest BCUT2D eigenvalue weighted by Crippen LogP contribution is -2.44. The molecule has 0 amide bonds. The molecule has 0 spiro atoms. The van der Waals surface area contributed by atoms with E-state index in [0.717, 1.165) is 41.9 Å². The normalized spacial score (nSPS) is 24.2. The van der Waals surface area contributed by atoms with Crippen LogP contribution < -0.4 is 16.8 Å². The van der Waals surface area contributed by atoms with Crippen LogP contribution in [0.15, 0.2) is 0 Å². The summed E-state index contributed by atoms with van der Waals surface area (Å²) in [7, 11) is 0. The number of nitrogens with two attached hydrogens (primary N) is 2. The van der Waals surface area contributed by atoms with Crippen molar-refractivity contribution in [2.24, 2.45) is 11.8 Å². The van der Waals surface area contributed by atoms with Crippen molar-refractivity contribution in [3.05, 3.63) is 21.1 Å². The molecule has 2 heterocycles. The third-order valence-corrected chi connectivity index (χ3v) is 8.19. The number of hydrogen-bond donors (Lipinski definition) is 3. The smallest absolute Gasteiger partial charge is 0.180 e. The van der Waals surface area contributed by atoms with Crippen molar-refractivity contribution < 1.29 is 0 Å². The number of aromatic nitrogens is 2. The molecule has 7 heteroatoms. The van der Waals surface area contributed by atoms with Gasteiger partial charge in [0.2, 0.25) is 0 Å². The molecule has 0 radical (unpaired) electrons. The molecule has 2 aliphatic rings. The number of rotatable bonds is 6. The van der Waals surface area contributed by atoms with Crippen LogP contribution in [0.5, 0.6) is 0 Å². The Bertz CT molecular complexity index is 783. The minimum atomic E-state index is 0.559. The monoisotopic (exact) mass is 405 g/mol. The van der Waals surface area contributed by atoms with E-state index in [1.807, 2.05) is 0 Å². The van der Waals surface area contributed by atoms with E-state index in [1.165, 1.54) is 46.8 Å². The number of fused-ring (bicyclic) bond motifs is 2. The number of thiazole rings is 2. The van der Waals surface area contributed by atoms with Gasteiger partial charge in [0.05, 0.1) is 11.4 Å². The number of nitrogens with one attached hydrogen (secondary N) is 1. The van der Waals surface area contributed by atoms with Crippen LogP contribution in [-0.4, -0.2) is 22.1 Å². The first-order valence-corrected chi connectivity index (χ1v) is 11.9. The van der Waals surface area contributed by atoms with Crippen molar-refractivity contribution in [3.63, 3.8) is 0 Å². The second kappa shape index (κ2) is 8.05. The highest BCUT2D eigenvalue weighted by Crippen LogP contribution is 2.35. The van der Waals surface area contributed by atoms with Crippen LogP contribution in [0.1, 0.15) is 60.7 Å². The molecule has 0 bridgehead atoms. The maximum atomic E-state index is 5.90. The lowest BCUT2D eigenvalue weighted by molar-refractivity contribution is 0.258. The van der Waals surface area contributed by atoms with E-state index >= 15 is 0 Å². The zero-order chi connectivity index (χ0) is 19.0. The summed E-state index contributed by atoms with van der Waals surface area (Å²) in [6.45, 7) is 4.74. The fraction of sp³-hybridized carbons (Fsp3) is 0.700. The molecule has 27 heavy (non-hydrogen) atoms. The van der Waals surface area contributed by atoms with Crippen LogP contribution in [-0.2, 0) is 25.7 Å². The molecule has 2 aromatic rings. The highest BCUT2D eigenvalue weighted by molar-refractivity contribution is 7.15. The molecule has 2 aromatic heterocycles. The van der Waals surface area contributed by atoms with E-state index in [1.54, 1.807) is 22.7 Å². The van der Waals surface area contributed by atoms with Gasteiger partial charge in [-0.1, -0.05) is 13.8 Å². The number of hydrogen-bond acceptors (Lipinski definition) is 7. The minimum absolute atomic E-state index is 0.559. The topological polar surface area (TPSA) is 89.8 Å². The quantitative estimate of drug-likeness (QED) is 0.680. The highest BCUT2D eigenvalue weighted by Gasteiger charge is 2.28. The fourth-order valence-electron chi connectivity index (χ4n) is 4.88. The Morgan fingerprint density at radius 2 is 1.67 bits per heavy atom. The maximum Gasteiger partial charge on any atom is 0.180 e. The first-order chi connectivity index (χ1) is 13.0. The van der Waals surface area contributed by atoms with Crippen LogP contribution in [0, 0.1) is 11.8 Å². The van der Waals surface area contributed by atoms with Crippen LogP contribution in [0.3, 0.4) is 0 Å². The van der Waals surface area contributed by atoms with Gasteiger partial charge in [-0.25, -0.2) is 9.97 Å². The number of anilines is 2. The zero-order valence-electron chi connectivity index (χ0n) is 16.3. The largest absolute Gasteiger partial charge is 0.375 e. The summed E-state index contributed by atoms with van der Waals surface area (Å²) < 4.78 is 0. The molecule has 0 saturated carbocycles. The van der Waals surface area contributed by atoms with Crippen molar-refractivity contribution in [1.82, 2.24) is 15.3 Å². The second-order valence-electron chi connectivity index (χ2n) is 8.29. The van der Waals surface area contributed by atoms with Crippen molar-refractivity contribution in [3.8, 4) is 0 Å². The number of nitrogens with zero attached hydrogens (tertiary/aromatic N) is 2. The average Bonchev–Trinajstić information content (AvgIpc) is 3.19. The van der Waals surface area contributed by atoms with E-state index in [4.69, 9.17) is 11.5 Å². The molecule has 2 unspecified atom stereocenters.